The summed E-state index contributed by atoms with van der Waals surface area (Å²) in [6, 6.07) is 5.74. The topological polar surface area (TPSA) is 85.8 Å². The van der Waals surface area contributed by atoms with Gasteiger partial charge in [-0.05, 0) is 23.6 Å². The molecule has 0 amide bonds. The first kappa shape index (κ1) is 26.8. The summed E-state index contributed by atoms with van der Waals surface area (Å²) in [5.74, 6) is -0.788. The second-order valence-corrected chi connectivity index (χ2v) is 10.4. The Kier molecular flexibility index (Phi) is 7.99. The van der Waals surface area contributed by atoms with Gasteiger partial charge in [0.15, 0.2) is 17.3 Å². The highest BCUT2D eigenvalue weighted by molar-refractivity contribution is 6.31. The monoisotopic (exact) mass is 534 g/mol. The molecule has 3 aromatic rings. The van der Waals surface area contributed by atoms with E-state index in [4.69, 9.17) is 25.9 Å². The Morgan fingerprint density at radius 3 is 2.57 bits per heavy atom. The van der Waals surface area contributed by atoms with E-state index in [9.17, 15) is 13.6 Å². The van der Waals surface area contributed by atoms with E-state index < -0.39 is 16.7 Å². The van der Waals surface area contributed by atoms with Crippen molar-refractivity contribution in [2.75, 3.05) is 25.5 Å². The molecule has 0 aliphatic carbocycles. The fraction of sp³-hybridized carbons (Fsp3) is 0.423. The van der Waals surface area contributed by atoms with Gasteiger partial charge in [-0.25, -0.2) is 18.7 Å². The van der Waals surface area contributed by atoms with Crippen LogP contribution in [-0.2, 0) is 9.63 Å². The van der Waals surface area contributed by atoms with Crippen LogP contribution < -0.4 is 14.8 Å². The van der Waals surface area contributed by atoms with Gasteiger partial charge in [-0.1, -0.05) is 32.4 Å². The van der Waals surface area contributed by atoms with Crippen LogP contribution in [0.15, 0.2) is 30.6 Å². The molecule has 2 aromatic carbocycles. The summed E-state index contributed by atoms with van der Waals surface area (Å²) < 4.78 is 39.8. The highest BCUT2D eigenvalue weighted by Crippen LogP contribution is 2.37. The molecule has 8 nitrogen and oxygen atoms in total. The number of rotatable bonds is 7. The number of benzene rings is 2. The smallest absolute Gasteiger partial charge is 0.325 e. The van der Waals surface area contributed by atoms with Gasteiger partial charge in [0.25, 0.3) is 0 Å². The maximum atomic E-state index is 14.5. The van der Waals surface area contributed by atoms with Crippen molar-refractivity contribution in [3.63, 3.8) is 0 Å². The third kappa shape index (κ3) is 6.56. The Labute approximate surface area is 218 Å². The summed E-state index contributed by atoms with van der Waals surface area (Å²) in [6.07, 6.45) is 2.80. The van der Waals surface area contributed by atoms with Gasteiger partial charge in [-0.15, -0.1) is 5.06 Å². The predicted molar refractivity (Wildman–Crippen MR) is 136 cm³/mol. The molecule has 198 valence electrons. The average molecular weight is 535 g/mol. The van der Waals surface area contributed by atoms with Crippen LogP contribution in [0.1, 0.15) is 40.0 Å². The molecule has 37 heavy (non-hydrogen) atoms. The number of piperidine rings is 1. The Morgan fingerprint density at radius 1 is 1.16 bits per heavy atom. The van der Waals surface area contributed by atoms with Crippen LogP contribution in [0.5, 0.6) is 11.5 Å². The second-order valence-electron chi connectivity index (χ2n) is 10.0. The lowest BCUT2D eigenvalue weighted by molar-refractivity contribution is -0.200. The molecule has 1 aliphatic rings. The number of halogens is 3. The van der Waals surface area contributed by atoms with Crippen LogP contribution in [0.2, 0.25) is 5.02 Å². The molecule has 1 fully saturated rings. The van der Waals surface area contributed by atoms with Crippen molar-refractivity contribution >= 4 is 40.0 Å². The maximum Gasteiger partial charge on any atom is 0.325 e. The minimum absolute atomic E-state index is 0.0296. The van der Waals surface area contributed by atoms with Gasteiger partial charge in [-0.2, -0.15) is 0 Å². The predicted octanol–water partition coefficient (Wildman–Crippen LogP) is 6.05. The number of carbonyl (C=O) groups is 1. The fourth-order valence-electron chi connectivity index (χ4n) is 4.00. The summed E-state index contributed by atoms with van der Waals surface area (Å²) in [5, 5.41) is 4.47. The summed E-state index contributed by atoms with van der Waals surface area (Å²) in [4.78, 5) is 26.1. The Morgan fingerprint density at radius 2 is 1.89 bits per heavy atom. The van der Waals surface area contributed by atoms with Crippen LogP contribution in [0.4, 0.5) is 20.3 Å². The number of hydrogen-bond donors (Lipinski definition) is 1. The van der Waals surface area contributed by atoms with Gasteiger partial charge in [0.05, 0.1) is 24.7 Å². The summed E-state index contributed by atoms with van der Waals surface area (Å²) >= 11 is 5.72. The number of nitrogens with zero attached hydrogens (tertiary/aromatic N) is 3. The molecule has 0 bridgehead atoms. The lowest BCUT2D eigenvalue weighted by Gasteiger charge is -2.31. The highest BCUT2D eigenvalue weighted by atomic mass is 35.5. The second kappa shape index (κ2) is 11.0. The normalized spacial score (nSPS) is 15.0. The zero-order valence-electron chi connectivity index (χ0n) is 21.1. The zero-order chi connectivity index (χ0) is 26.7. The molecule has 1 N–H and O–H groups in total. The van der Waals surface area contributed by atoms with Gasteiger partial charge >= 0.3 is 5.97 Å². The van der Waals surface area contributed by atoms with E-state index in [2.05, 4.69) is 15.3 Å². The van der Waals surface area contributed by atoms with Crippen molar-refractivity contribution in [3.8, 4) is 11.5 Å². The molecule has 1 aromatic heterocycles. The Hall–Kier alpha value is -3.24. The Balaban J connectivity index is 1.50. The first-order valence-electron chi connectivity index (χ1n) is 11.9. The van der Waals surface area contributed by atoms with Crippen LogP contribution in [0, 0.1) is 17.0 Å². The van der Waals surface area contributed by atoms with E-state index in [1.807, 2.05) is 20.8 Å². The maximum absolute atomic E-state index is 14.5. The largest absolute Gasteiger partial charge is 0.493 e. The number of fused-ring (bicyclic) bond motifs is 1. The number of anilines is 2. The van der Waals surface area contributed by atoms with Crippen molar-refractivity contribution in [1.82, 2.24) is 15.0 Å². The average Bonchev–Trinajstić information content (AvgIpc) is 2.84. The molecule has 2 heterocycles. The number of ether oxygens (including phenoxy) is 2. The van der Waals surface area contributed by atoms with Crippen LogP contribution >= 0.6 is 11.6 Å². The van der Waals surface area contributed by atoms with Crippen LogP contribution in [0.3, 0.4) is 0 Å². The van der Waals surface area contributed by atoms with Gasteiger partial charge in [0.2, 0.25) is 0 Å². The van der Waals surface area contributed by atoms with Gasteiger partial charge in [0.1, 0.15) is 29.1 Å². The Bertz CT molecular complexity index is 1290. The lowest BCUT2D eigenvalue weighted by Crippen LogP contribution is -2.40. The molecule has 4 rings (SSSR count). The van der Waals surface area contributed by atoms with Crippen molar-refractivity contribution in [2.45, 2.75) is 46.1 Å². The quantitative estimate of drug-likeness (QED) is 0.367. The number of nitrogens with one attached hydrogen (secondary N) is 1. The first-order valence-corrected chi connectivity index (χ1v) is 12.3. The summed E-state index contributed by atoms with van der Waals surface area (Å²) in [6.45, 7) is 7.04. The van der Waals surface area contributed by atoms with E-state index in [-0.39, 0.29) is 23.2 Å². The minimum Gasteiger partial charge on any atom is -0.493 e. The third-order valence-electron chi connectivity index (χ3n) is 5.81. The van der Waals surface area contributed by atoms with Crippen LogP contribution in [-0.4, -0.2) is 47.3 Å². The van der Waals surface area contributed by atoms with Crippen molar-refractivity contribution in [1.29, 1.82) is 0 Å². The van der Waals surface area contributed by atoms with Gasteiger partial charge in [-0.3, -0.25) is 4.79 Å². The van der Waals surface area contributed by atoms with E-state index in [0.717, 1.165) is 6.07 Å². The van der Waals surface area contributed by atoms with E-state index in [1.54, 1.807) is 17.2 Å². The summed E-state index contributed by atoms with van der Waals surface area (Å²) in [7, 11) is 1.53. The first-order chi connectivity index (χ1) is 17.5. The third-order valence-corrected chi connectivity index (χ3v) is 6.16. The fourth-order valence-corrected chi connectivity index (χ4v) is 4.16. The van der Waals surface area contributed by atoms with E-state index in [0.29, 0.717) is 60.6 Å². The van der Waals surface area contributed by atoms with Gasteiger partial charge in [0, 0.05) is 37.4 Å². The van der Waals surface area contributed by atoms with Crippen LogP contribution in [0.25, 0.3) is 10.9 Å². The molecular weight excluding hydrogens is 506 g/mol. The molecule has 0 radical (unpaired) electrons. The molecule has 0 spiro atoms. The number of hydroxylamine groups is 2. The molecular formula is C26H29ClF2N4O4. The number of carbonyl (C=O) groups excluding carboxylic acids is 1. The molecule has 0 atom stereocenters. The molecule has 1 aliphatic heterocycles. The minimum atomic E-state index is -0.923. The SMILES string of the molecule is COc1cc2ncnc(Nc3ccc(F)c(Cl)c3F)c2cc1OC1CCN(OC(=O)CC(C)(C)C)CC1. The summed E-state index contributed by atoms with van der Waals surface area (Å²) in [5.41, 5.74) is 0.367. The highest BCUT2D eigenvalue weighted by Gasteiger charge is 2.26. The zero-order valence-corrected chi connectivity index (χ0v) is 21.9. The standard InChI is InChI=1S/C26H29ClF2N4O4/c1-26(2,3)13-22(34)37-33-9-7-15(8-10-33)36-21-11-16-19(12-20(21)35-4)30-14-31-25(16)32-18-6-5-17(28)23(27)24(18)29/h5-6,11-12,14-15H,7-10,13H2,1-4H3,(H,30,31,32). The number of aromatic nitrogens is 2. The van der Waals surface area contributed by atoms with E-state index in [1.165, 1.54) is 19.5 Å². The van der Waals surface area contributed by atoms with Crippen molar-refractivity contribution in [2.24, 2.45) is 5.41 Å². The van der Waals surface area contributed by atoms with Crippen molar-refractivity contribution < 1.29 is 27.9 Å². The lowest BCUT2D eigenvalue weighted by atomic mass is 9.93. The molecule has 1 saturated heterocycles. The number of hydrogen-bond acceptors (Lipinski definition) is 8. The number of methoxy groups -OCH3 is 1. The molecule has 0 unspecified atom stereocenters. The van der Waals surface area contributed by atoms with Crippen molar-refractivity contribution in [3.05, 3.63) is 47.2 Å². The van der Waals surface area contributed by atoms with Gasteiger partial charge < -0.3 is 19.6 Å². The molecule has 0 saturated carbocycles. The molecule has 11 heteroatoms. The van der Waals surface area contributed by atoms with E-state index >= 15 is 0 Å².